The van der Waals surface area contributed by atoms with E-state index in [1.165, 1.54) is 51.7 Å². The number of aliphatic hydroxyl groups is 1. The molecule has 0 spiro atoms. The first-order valence-electron chi connectivity index (χ1n) is 8.67. The summed E-state index contributed by atoms with van der Waals surface area (Å²) in [4.78, 5) is 27.8. The largest absolute Gasteiger partial charge is 0.545 e. The maximum absolute atomic E-state index is 11.8. The first kappa shape index (κ1) is 21.5. The molecule has 0 aliphatic heterocycles. The summed E-state index contributed by atoms with van der Waals surface area (Å²) in [5, 5.41) is 21.2. The summed E-state index contributed by atoms with van der Waals surface area (Å²) in [7, 11) is 4.15. The van der Waals surface area contributed by atoms with E-state index in [0.29, 0.717) is 0 Å². The van der Waals surface area contributed by atoms with Gasteiger partial charge in [-0.2, -0.15) is 19.9 Å². The highest BCUT2D eigenvalue weighted by molar-refractivity contribution is 5.92. The average molecular weight is 429 g/mol. The molecule has 0 unspecified atom stereocenters. The van der Waals surface area contributed by atoms with Crippen LogP contribution < -0.4 is 28.8 Å². The summed E-state index contributed by atoms with van der Waals surface area (Å²) in [6, 6.07) is 6.54. The first-order chi connectivity index (χ1) is 15.0. The lowest BCUT2D eigenvalue weighted by molar-refractivity contribution is -0.255. The van der Waals surface area contributed by atoms with Crippen LogP contribution in [0, 0.1) is 0 Å². The summed E-state index contributed by atoms with van der Waals surface area (Å²) >= 11 is 0. The second-order valence-corrected chi connectivity index (χ2v) is 5.70. The molecule has 0 saturated carbocycles. The van der Waals surface area contributed by atoms with Crippen LogP contribution in [0.25, 0.3) is 0 Å². The van der Waals surface area contributed by atoms with E-state index in [1.54, 1.807) is 0 Å². The number of nitrogens with zero attached hydrogens (tertiary/aromatic N) is 4. The van der Waals surface area contributed by atoms with E-state index < -0.39 is 18.1 Å². The number of rotatable bonds is 9. The van der Waals surface area contributed by atoms with Crippen LogP contribution in [0.5, 0.6) is 41.2 Å². The molecule has 12 nitrogen and oxygen atoms in total. The third-order valence-corrected chi connectivity index (χ3v) is 3.78. The molecule has 3 aromatic rings. The van der Waals surface area contributed by atoms with Gasteiger partial charge in [-0.15, -0.1) is 0 Å². The van der Waals surface area contributed by atoms with Gasteiger partial charge in [0.05, 0.1) is 51.2 Å². The maximum atomic E-state index is 11.8. The number of carboxylic acid groups (broad SMARTS) is 1. The third-order valence-electron chi connectivity index (χ3n) is 3.78. The first-order valence-corrected chi connectivity index (χ1v) is 8.67. The second-order valence-electron chi connectivity index (χ2n) is 5.70. The van der Waals surface area contributed by atoms with Gasteiger partial charge in [0.2, 0.25) is 17.6 Å². The van der Waals surface area contributed by atoms with Gasteiger partial charge in [-0.3, -0.25) is 0 Å². The Bertz CT molecular complexity index is 972. The Morgan fingerprint density at radius 2 is 1.35 bits per heavy atom. The van der Waals surface area contributed by atoms with Gasteiger partial charge >= 0.3 is 12.0 Å². The molecule has 0 amide bonds. The van der Waals surface area contributed by atoms with Gasteiger partial charge in [-0.25, -0.2) is 0 Å². The van der Waals surface area contributed by atoms with Gasteiger partial charge in [0.15, 0.2) is 0 Å². The number of methoxy groups -OCH3 is 3. The fourth-order valence-corrected chi connectivity index (χ4v) is 2.40. The lowest BCUT2D eigenvalue weighted by atomic mass is 10.2. The fraction of sp³-hybridized carbons (Fsp3) is 0.211. The number of aromatic carboxylic acids is 1. The van der Waals surface area contributed by atoms with Crippen molar-refractivity contribution in [2.45, 2.75) is 6.61 Å². The van der Waals surface area contributed by atoms with Crippen molar-refractivity contribution >= 4 is 5.97 Å². The van der Waals surface area contributed by atoms with Gasteiger partial charge in [-0.05, 0) is 12.1 Å². The van der Waals surface area contributed by atoms with Crippen molar-refractivity contribution in [1.29, 1.82) is 0 Å². The molecule has 0 radical (unpaired) electrons. The van der Waals surface area contributed by atoms with Gasteiger partial charge in [0.25, 0.3) is 0 Å². The van der Waals surface area contributed by atoms with E-state index in [9.17, 15) is 15.0 Å². The van der Waals surface area contributed by atoms with E-state index in [0.717, 1.165) is 0 Å². The van der Waals surface area contributed by atoms with Gasteiger partial charge in [0, 0.05) is 6.07 Å². The van der Waals surface area contributed by atoms with Gasteiger partial charge in [0.1, 0.15) is 11.5 Å². The van der Waals surface area contributed by atoms with Gasteiger partial charge < -0.3 is 38.7 Å². The second kappa shape index (κ2) is 9.54. The molecule has 0 aliphatic carbocycles. The highest BCUT2D eigenvalue weighted by Crippen LogP contribution is 2.34. The van der Waals surface area contributed by atoms with E-state index in [-0.39, 0.29) is 46.9 Å². The normalized spacial score (nSPS) is 10.3. The zero-order chi connectivity index (χ0) is 22.4. The molecule has 0 fully saturated rings. The SMILES string of the molecule is COc1cc(CO)nc(Oc2cccc(Oc3nc(OC)cc(OC)n3)c2C(=O)[O-])n1. The predicted octanol–water partition coefficient (Wildman–Crippen LogP) is 0.733. The van der Waals surface area contributed by atoms with Crippen LogP contribution >= 0.6 is 0 Å². The molecule has 0 aliphatic rings. The number of benzene rings is 1. The Kier molecular flexibility index (Phi) is 6.62. The fourth-order valence-electron chi connectivity index (χ4n) is 2.40. The lowest BCUT2D eigenvalue weighted by Gasteiger charge is -2.16. The quantitative estimate of drug-likeness (QED) is 0.509. The number of ether oxygens (including phenoxy) is 5. The Morgan fingerprint density at radius 3 is 1.81 bits per heavy atom. The topological polar surface area (TPSA) is 158 Å². The summed E-state index contributed by atoms with van der Waals surface area (Å²) < 4.78 is 26.2. The van der Waals surface area contributed by atoms with Crippen molar-refractivity contribution < 1.29 is 38.7 Å². The summed E-state index contributed by atoms with van der Waals surface area (Å²) in [6.07, 6.45) is 0. The van der Waals surface area contributed by atoms with E-state index in [2.05, 4.69) is 19.9 Å². The van der Waals surface area contributed by atoms with Crippen LogP contribution in [-0.2, 0) is 6.61 Å². The average Bonchev–Trinajstić information content (AvgIpc) is 2.78. The zero-order valence-corrected chi connectivity index (χ0v) is 16.7. The summed E-state index contributed by atoms with van der Waals surface area (Å²) in [6.45, 7) is -0.402. The Hall–Kier alpha value is -4.19. The number of aliphatic hydroxyl groups excluding tert-OH is 1. The third kappa shape index (κ3) is 5.05. The molecule has 12 heteroatoms. The molecule has 1 N–H and O–H groups in total. The van der Waals surface area contributed by atoms with Crippen molar-refractivity contribution in [2.75, 3.05) is 21.3 Å². The monoisotopic (exact) mass is 429 g/mol. The zero-order valence-electron chi connectivity index (χ0n) is 16.7. The smallest absolute Gasteiger partial charge is 0.328 e. The van der Waals surface area contributed by atoms with Crippen molar-refractivity contribution in [2.24, 2.45) is 0 Å². The summed E-state index contributed by atoms with van der Waals surface area (Å²) in [5.74, 6) is -1.53. The predicted molar refractivity (Wildman–Crippen MR) is 101 cm³/mol. The van der Waals surface area contributed by atoms with Crippen LogP contribution in [0.3, 0.4) is 0 Å². The molecule has 1 aromatic carbocycles. The van der Waals surface area contributed by atoms with Crippen LogP contribution in [0.2, 0.25) is 0 Å². The maximum Gasteiger partial charge on any atom is 0.328 e. The Balaban J connectivity index is 2.00. The minimum Gasteiger partial charge on any atom is -0.545 e. The molecule has 0 atom stereocenters. The van der Waals surface area contributed by atoms with Crippen molar-refractivity contribution in [1.82, 2.24) is 19.9 Å². The van der Waals surface area contributed by atoms with Crippen LogP contribution in [0.1, 0.15) is 16.1 Å². The van der Waals surface area contributed by atoms with Crippen molar-refractivity contribution in [3.8, 4) is 41.2 Å². The molecule has 2 aromatic heterocycles. The van der Waals surface area contributed by atoms with E-state index in [4.69, 9.17) is 23.7 Å². The van der Waals surface area contributed by atoms with Crippen LogP contribution in [0.4, 0.5) is 0 Å². The number of hydrogen-bond donors (Lipinski definition) is 1. The number of hydrogen-bond acceptors (Lipinski definition) is 12. The molecule has 31 heavy (non-hydrogen) atoms. The van der Waals surface area contributed by atoms with Crippen molar-refractivity contribution in [3.63, 3.8) is 0 Å². The highest BCUT2D eigenvalue weighted by Gasteiger charge is 2.18. The number of carboxylic acids is 1. The molecule has 162 valence electrons. The highest BCUT2D eigenvalue weighted by atomic mass is 16.5. The minimum atomic E-state index is -1.59. The lowest BCUT2D eigenvalue weighted by Crippen LogP contribution is -2.23. The van der Waals surface area contributed by atoms with E-state index >= 15 is 0 Å². The van der Waals surface area contributed by atoms with Crippen LogP contribution in [0.15, 0.2) is 30.3 Å². The van der Waals surface area contributed by atoms with E-state index in [1.807, 2.05) is 0 Å². The molecule has 0 bridgehead atoms. The molecule has 2 heterocycles. The van der Waals surface area contributed by atoms with Crippen LogP contribution in [-0.4, -0.2) is 52.3 Å². The number of carbonyl (C=O) groups is 1. The Morgan fingerprint density at radius 1 is 0.871 bits per heavy atom. The Labute approximate surface area is 176 Å². The van der Waals surface area contributed by atoms with Gasteiger partial charge in [-0.1, -0.05) is 6.07 Å². The molecular weight excluding hydrogens is 412 g/mol. The number of aromatic nitrogens is 4. The standard InChI is InChI=1S/C19H18N4O8/c1-27-13-7-10(9-24)20-18(21-13)30-11-5-4-6-12(16(11)17(25)26)31-19-22-14(28-2)8-15(23-19)29-3/h4-8,24H,9H2,1-3H3,(H,25,26)/p-1. The van der Waals surface area contributed by atoms with Crippen molar-refractivity contribution in [3.05, 3.63) is 41.6 Å². The minimum absolute atomic E-state index is 0.119. The molecule has 3 rings (SSSR count). The molecular formula is C19H17N4O8-. The number of carbonyl (C=O) groups excluding carboxylic acids is 1. The summed E-state index contributed by atoms with van der Waals surface area (Å²) in [5.41, 5.74) is -0.231. The molecule has 0 saturated heterocycles.